The van der Waals surface area contributed by atoms with E-state index in [0.29, 0.717) is 24.2 Å². The Hall–Kier alpha value is -1.44. The molecule has 0 saturated carbocycles. The zero-order chi connectivity index (χ0) is 31.5. The minimum atomic E-state index is -5.74. The quantitative estimate of drug-likeness (QED) is 0.162. The van der Waals surface area contributed by atoms with Crippen LogP contribution in [0.25, 0.3) is 11.2 Å². The van der Waals surface area contributed by atoms with Crippen LogP contribution in [-0.2, 0) is 31.6 Å². The molecule has 23 heteroatoms. The van der Waals surface area contributed by atoms with Crippen molar-refractivity contribution < 1.29 is 66.6 Å². The Labute approximate surface area is 238 Å². The molecule has 0 radical (unpaired) electrons. The molecular formula is C19H33N6O14P3. The van der Waals surface area contributed by atoms with Crippen LogP contribution >= 0.6 is 23.5 Å². The van der Waals surface area contributed by atoms with Crippen molar-refractivity contribution in [3.8, 4) is 0 Å². The van der Waals surface area contributed by atoms with Gasteiger partial charge in [0.15, 0.2) is 23.2 Å². The van der Waals surface area contributed by atoms with E-state index in [-0.39, 0.29) is 11.7 Å². The molecule has 4 rings (SSSR count). The number of ether oxygens (including phenoxy) is 1. The molecular weight excluding hydrogens is 629 g/mol. The highest BCUT2D eigenvalue weighted by Gasteiger charge is 2.48. The molecule has 0 aliphatic carbocycles. The summed E-state index contributed by atoms with van der Waals surface area (Å²) in [6, 6.07) is -0.101. The van der Waals surface area contributed by atoms with Crippen LogP contribution in [0.5, 0.6) is 0 Å². The zero-order valence-electron chi connectivity index (χ0n) is 22.7. The molecule has 8 N–H and O–H groups in total. The van der Waals surface area contributed by atoms with Crippen molar-refractivity contribution in [2.75, 3.05) is 11.9 Å². The van der Waals surface area contributed by atoms with Crippen molar-refractivity contribution in [1.82, 2.24) is 24.6 Å². The molecule has 238 valence electrons. The number of phosphoric ester groups is 1. The smallest absolute Gasteiger partial charge is 0.387 e. The fourth-order valence-corrected chi connectivity index (χ4v) is 8.31. The Kier molecular flexibility index (Phi) is 9.15. The Balaban J connectivity index is 1.47. The van der Waals surface area contributed by atoms with Gasteiger partial charge in [-0.2, -0.15) is 13.7 Å². The number of nitrogens with zero attached hydrogens (tertiary/aromatic N) is 5. The number of phosphoric acid groups is 3. The first-order valence-corrected chi connectivity index (χ1v) is 16.9. The van der Waals surface area contributed by atoms with Crippen LogP contribution in [0.4, 0.5) is 5.82 Å². The van der Waals surface area contributed by atoms with E-state index in [1.165, 1.54) is 22.3 Å². The second kappa shape index (κ2) is 11.5. The first-order valence-electron chi connectivity index (χ1n) is 12.3. The van der Waals surface area contributed by atoms with Gasteiger partial charge in [0.2, 0.25) is 0 Å². The van der Waals surface area contributed by atoms with Gasteiger partial charge in [-0.1, -0.05) is 0 Å². The molecule has 2 saturated heterocycles. The predicted octanol–water partition coefficient (Wildman–Crippen LogP) is 0.611. The summed E-state index contributed by atoms with van der Waals surface area (Å²) in [6.07, 6.45) is -2.45. The monoisotopic (exact) mass is 662 g/mol. The highest BCUT2D eigenvalue weighted by Crippen LogP contribution is 2.66. The van der Waals surface area contributed by atoms with Gasteiger partial charge in [-0.25, -0.2) is 28.6 Å². The lowest BCUT2D eigenvalue weighted by Gasteiger charge is -2.51. The third-order valence-corrected chi connectivity index (χ3v) is 10.6. The summed E-state index contributed by atoms with van der Waals surface area (Å²) in [4.78, 5) is 49.0. The number of nitrogens with one attached hydrogen (secondary N) is 1. The van der Waals surface area contributed by atoms with Crippen molar-refractivity contribution in [3.05, 3.63) is 12.7 Å². The van der Waals surface area contributed by atoms with Gasteiger partial charge in [0.1, 0.15) is 24.6 Å². The summed E-state index contributed by atoms with van der Waals surface area (Å²) < 4.78 is 53.0. The molecule has 42 heavy (non-hydrogen) atoms. The van der Waals surface area contributed by atoms with Gasteiger partial charge in [-0.05, 0) is 40.5 Å². The van der Waals surface area contributed by atoms with E-state index in [1.54, 1.807) is 0 Å². The summed E-state index contributed by atoms with van der Waals surface area (Å²) in [6.45, 7) is 6.69. The summed E-state index contributed by atoms with van der Waals surface area (Å²) in [5.41, 5.74) is -0.564. The first kappa shape index (κ1) is 33.5. The van der Waals surface area contributed by atoms with Gasteiger partial charge < -0.3 is 45.0 Å². The first-order chi connectivity index (χ1) is 19.1. The lowest BCUT2D eigenvalue weighted by molar-refractivity contribution is -0.243. The summed E-state index contributed by atoms with van der Waals surface area (Å²) >= 11 is 0. The lowest BCUT2D eigenvalue weighted by Crippen LogP contribution is -2.61. The highest BCUT2D eigenvalue weighted by molar-refractivity contribution is 7.66. The Morgan fingerprint density at radius 1 is 0.976 bits per heavy atom. The minimum Gasteiger partial charge on any atom is -0.387 e. The third kappa shape index (κ3) is 7.43. The Morgan fingerprint density at radius 2 is 1.60 bits per heavy atom. The highest BCUT2D eigenvalue weighted by atomic mass is 31.3. The third-order valence-electron chi connectivity index (χ3n) is 6.77. The summed E-state index contributed by atoms with van der Waals surface area (Å²) in [7, 11) is -16.8. The van der Waals surface area contributed by atoms with E-state index in [1.807, 2.05) is 27.7 Å². The van der Waals surface area contributed by atoms with Crippen LogP contribution < -0.4 is 5.32 Å². The fraction of sp³-hybridized carbons (Fsp3) is 0.737. The molecule has 0 bridgehead atoms. The van der Waals surface area contributed by atoms with E-state index in [2.05, 4.69) is 33.4 Å². The minimum absolute atomic E-state index is 0.101. The number of aromatic nitrogens is 4. The van der Waals surface area contributed by atoms with Crippen molar-refractivity contribution in [2.45, 2.75) is 82.2 Å². The topological polar surface area (TPSA) is 289 Å². The number of anilines is 1. The fourth-order valence-electron chi connectivity index (χ4n) is 5.28. The maximum Gasteiger partial charge on any atom is 0.490 e. The number of imidazole rings is 1. The predicted molar refractivity (Wildman–Crippen MR) is 139 cm³/mol. The SMILES string of the molecule is CC1(C)CC(Nc2ncnc3c2ncn3[C@@H]2O[C@H](COP(=O)(O)OP(=O)(O)OP(=O)(O)O)[C@@H](O)[C@H]2O)CC(C)(C)N1O. The second-order valence-electron chi connectivity index (χ2n) is 11.2. The maximum atomic E-state index is 12.0. The van der Waals surface area contributed by atoms with Crippen LogP contribution in [0.3, 0.4) is 0 Å². The van der Waals surface area contributed by atoms with Gasteiger partial charge in [-0.3, -0.25) is 9.09 Å². The molecule has 20 nitrogen and oxygen atoms in total. The van der Waals surface area contributed by atoms with Crippen LogP contribution in [0.1, 0.15) is 46.8 Å². The number of hydrogen-bond donors (Lipinski definition) is 8. The van der Waals surface area contributed by atoms with Crippen molar-refractivity contribution in [2.24, 2.45) is 0 Å². The van der Waals surface area contributed by atoms with Crippen LogP contribution in [0, 0.1) is 0 Å². The van der Waals surface area contributed by atoms with Crippen LogP contribution in [-0.4, -0.2) is 102 Å². The largest absolute Gasteiger partial charge is 0.490 e. The van der Waals surface area contributed by atoms with E-state index in [0.717, 1.165) is 0 Å². The number of hydroxylamine groups is 2. The second-order valence-corrected chi connectivity index (χ2v) is 15.6. The molecule has 2 aromatic rings. The van der Waals surface area contributed by atoms with Crippen molar-refractivity contribution >= 4 is 40.4 Å². The Morgan fingerprint density at radius 3 is 2.19 bits per heavy atom. The Bertz CT molecular complexity index is 1430. The average molecular weight is 662 g/mol. The number of aliphatic hydroxyl groups is 2. The molecule has 2 aliphatic heterocycles. The van der Waals surface area contributed by atoms with Crippen LogP contribution in [0.2, 0.25) is 0 Å². The number of piperidine rings is 1. The van der Waals surface area contributed by atoms with Gasteiger partial charge in [0.05, 0.1) is 12.9 Å². The zero-order valence-corrected chi connectivity index (χ0v) is 25.4. The van der Waals surface area contributed by atoms with E-state index >= 15 is 0 Å². The molecule has 2 aliphatic rings. The van der Waals surface area contributed by atoms with E-state index in [4.69, 9.17) is 14.5 Å². The molecule has 4 heterocycles. The average Bonchev–Trinajstić information content (AvgIpc) is 3.35. The maximum absolute atomic E-state index is 12.0. The van der Waals surface area contributed by atoms with Gasteiger partial charge in [-0.15, -0.1) is 0 Å². The molecule has 2 unspecified atom stereocenters. The number of rotatable bonds is 10. The molecule has 0 aromatic carbocycles. The van der Waals surface area contributed by atoms with Crippen LogP contribution in [0.15, 0.2) is 12.7 Å². The van der Waals surface area contributed by atoms with Gasteiger partial charge in [0, 0.05) is 17.1 Å². The van der Waals surface area contributed by atoms with Crippen molar-refractivity contribution in [3.63, 3.8) is 0 Å². The van der Waals surface area contributed by atoms with Gasteiger partial charge >= 0.3 is 23.5 Å². The standard InChI is InChI=1S/C19H33N6O14P3/c1-18(2)5-10(6-19(3,4)25(18)28)23-15-12-16(21-8-20-15)24(9-22-12)17-14(27)13(26)11(37-17)7-36-41(32,33)39-42(34,35)38-40(29,30)31/h8-11,13-14,17,26-28H,5-7H2,1-4H3,(H,32,33)(H,34,35)(H,20,21,23)(H2,29,30,31)/t11-,13-,14-,17-/m1/s1. The molecule has 0 amide bonds. The van der Waals surface area contributed by atoms with E-state index in [9.17, 15) is 38.9 Å². The van der Waals surface area contributed by atoms with Gasteiger partial charge in [0.25, 0.3) is 0 Å². The molecule has 6 atom stereocenters. The normalized spacial score (nSPS) is 29.8. The number of hydrogen-bond acceptors (Lipinski definition) is 15. The lowest BCUT2D eigenvalue weighted by atomic mass is 9.79. The van der Waals surface area contributed by atoms with Crippen molar-refractivity contribution in [1.29, 1.82) is 0 Å². The molecule has 2 aromatic heterocycles. The summed E-state index contributed by atoms with van der Waals surface area (Å²) in [5.74, 6) is 0.374. The number of aliphatic hydroxyl groups excluding tert-OH is 2. The number of fused-ring (bicyclic) bond motifs is 1. The summed E-state index contributed by atoms with van der Waals surface area (Å²) in [5, 5.41) is 36.4. The molecule has 0 spiro atoms. The molecule has 2 fully saturated rings. The van der Waals surface area contributed by atoms with E-state index < -0.39 is 65.7 Å².